The first kappa shape index (κ1) is 22.7. The molecule has 0 aliphatic rings. The molecule has 0 fully saturated rings. The number of benzene rings is 1. The Kier molecular flexibility index (Phi) is 9.16. The molecule has 3 heteroatoms. The van der Waals surface area contributed by atoms with Crippen LogP contribution in [0.2, 0.25) is 0 Å². The van der Waals surface area contributed by atoms with Gasteiger partial charge in [0.25, 0.3) is 0 Å². The van der Waals surface area contributed by atoms with Gasteiger partial charge in [-0.15, -0.1) is 28.5 Å². The first-order chi connectivity index (χ1) is 11.6. The zero-order chi connectivity index (χ0) is 19.3. The first-order valence-electron chi connectivity index (χ1n) is 8.44. The Balaban J connectivity index is 0.000000220. The van der Waals surface area contributed by atoms with E-state index in [9.17, 15) is 0 Å². The Morgan fingerprint density at radius 3 is 1.72 bits per heavy atom. The summed E-state index contributed by atoms with van der Waals surface area (Å²) in [5, 5.41) is 2.78. The van der Waals surface area contributed by atoms with Crippen LogP contribution < -0.4 is 0 Å². The predicted octanol–water partition coefficient (Wildman–Crippen LogP) is 7.81. The fraction of sp³-hybridized carbons (Fsp3) is 0.364. The van der Waals surface area contributed by atoms with Crippen LogP contribution in [0.5, 0.6) is 0 Å². The van der Waals surface area contributed by atoms with E-state index in [-0.39, 0.29) is 0 Å². The predicted molar refractivity (Wildman–Crippen MR) is 111 cm³/mol. The minimum absolute atomic E-state index is 0.826. The van der Waals surface area contributed by atoms with Crippen molar-refractivity contribution in [3.63, 3.8) is 0 Å². The maximum atomic E-state index is 4.93. The Morgan fingerprint density at radius 2 is 1.32 bits per heavy atom. The molecule has 0 bridgehead atoms. The molecular weight excluding hydrogens is 426 g/mol. The van der Waals surface area contributed by atoms with Gasteiger partial charge in [0, 0.05) is 0 Å². The molecule has 0 spiro atoms. The molecule has 25 heavy (non-hydrogen) atoms. The number of halogens is 2. The van der Waals surface area contributed by atoms with Crippen molar-refractivity contribution < 1.29 is 20.8 Å². The number of aryl methyl sites for hydroxylation is 3. The summed E-state index contributed by atoms with van der Waals surface area (Å²) in [4.78, 5) is 0. The number of rotatable bonds is 0. The molecule has 0 unspecified atom stereocenters. The molecule has 0 N–H and O–H groups in total. The van der Waals surface area contributed by atoms with E-state index in [0.29, 0.717) is 0 Å². The zero-order valence-electron chi connectivity index (χ0n) is 16.6. The second-order valence-electron chi connectivity index (χ2n) is 6.81. The minimum atomic E-state index is -0.826. The van der Waals surface area contributed by atoms with E-state index in [2.05, 4.69) is 79.7 Å². The van der Waals surface area contributed by atoms with Crippen LogP contribution in [0.25, 0.3) is 10.8 Å². The van der Waals surface area contributed by atoms with Crippen LogP contribution in [0.4, 0.5) is 0 Å². The Hall–Kier alpha value is -0.357. The molecule has 0 aromatic heterocycles. The van der Waals surface area contributed by atoms with Gasteiger partial charge in [-0.05, 0) is 13.8 Å². The van der Waals surface area contributed by atoms with Crippen molar-refractivity contribution in [2.75, 3.05) is 0 Å². The molecule has 0 aliphatic carbocycles. The molecular formula is C22H28Cl2Zr. The molecule has 0 radical (unpaired) electrons. The summed E-state index contributed by atoms with van der Waals surface area (Å²) in [5.74, 6) is 0. The maximum absolute atomic E-state index is 4.93. The zero-order valence-corrected chi connectivity index (χ0v) is 20.5. The van der Waals surface area contributed by atoms with Crippen molar-refractivity contribution in [2.24, 2.45) is 0 Å². The molecule has 0 aliphatic heterocycles. The molecule has 0 atom stereocenters. The average Bonchev–Trinajstić information content (AvgIpc) is 2.99. The summed E-state index contributed by atoms with van der Waals surface area (Å²) in [6, 6.07) is 8.98. The van der Waals surface area contributed by atoms with Crippen LogP contribution in [-0.4, -0.2) is 0 Å². The molecule has 0 saturated carbocycles. The standard InChI is InChI=1S/C12H13.C10H15.2ClH.Zr/c1-8-4-10(3)12-7-9(2)6-11(12)5-8;1-6-7(2)9(4)10(5)8(6)3;;;/h4-7H,1-3H3;1-5H3;2*1H;/q2*-1;;;+4/p-2. The SMILES string of the molecule is Cc1c(C)c(C)[c-](C)c1C.Cc1cc(C)c2cc(C)[cH-]c2c1.[Cl][Zr+2][Cl]. The third kappa shape index (κ3) is 5.81. The third-order valence-electron chi connectivity index (χ3n) is 5.13. The quantitative estimate of drug-likeness (QED) is 0.304. The van der Waals surface area contributed by atoms with Crippen molar-refractivity contribution in [1.82, 2.24) is 0 Å². The fourth-order valence-corrected chi connectivity index (χ4v) is 3.25. The van der Waals surface area contributed by atoms with Crippen molar-refractivity contribution in [3.05, 3.63) is 68.8 Å². The van der Waals surface area contributed by atoms with E-state index in [1.165, 1.54) is 55.3 Å². The number of hydrogen-bond acceptors (Lipinski definition) is 0. The monoisotopic (exact) mass is 452 g/mol. The van der Waals surface area contributed by atoms with Gasteiger partial charge in [-0.3, -0.25) is 0 Å². The van der Waals surface area contributed by atoms with E-state index in [1.807, 2.05) is 0 Å². The van der Waals surface area contributed by atoms with E-state index in [1.54, 1.807) is 0 Å². The topological polar surface area (TPSA) is 0 Å². The van der Waals surface area contributed by atoms with Crippen molar-refractivity contribution in [2.45, 2.75) is 55.4 Å². The number of fused-ring (bicyclic) bond motifs is 1. The van der Waals surface area contributed by atoms with Crippen molar-refractivity contribution >= 4 is 27.8 Å². The van der Waals surface area contributed by atoms with Gasteiger partial charge in [-0.2, -0.15) is 33.9 Å². The van der Waals surface area contributed by atoms with E-state index >= 15 is 0 Å². The molecule has 0 saturated heterocycles. The molecule has 0 amide bonds. The normalized spacial score (nSPS) is 9.84. The Bertz CT molecular complexity index is 757. The van der Waals surface area contributed by atoms with Crippen LogP contribution in [0, 0.1) is 55.4 Å². The van der Waals surface area contributed by atoms with Gasteiger partial charge < -0.3 is 0 Å². The fourth-order valence-electron chi connectivity index (χ4n) is 3.25. The van der Waals surface area contributed by atoms with Gasteiger partial charge >= 0.3 is 37.9 Å². The summed E-state index contributed by atoms with van der Waals surface area (Å²) in [5.41, 5.74) is 11.4. The van der Waals surface area contributed by atoms with Gasteiger partial charge in [0.1, 0.15) is 0 Å². The molecule has 0 nitrogen and oxygen atoms in total. The summed E-state index contributed by atoms with van der Waals surface area (Å²) in [6.45, 7) is 17.5. The van der Waals surface area contributed by atoms with Gasteiger partial charge in [-0.1, -0.05) is 58.7 Å². The van der Waals surface area contributed by atoms with Gasteiger partial charge in [0.2, 0.25) is 0 Å². The van der Waals surface area contributed by atoms with Crippen LogP contribution in [-0.2, 0) is 20.8 Å². The van der Waals surface area contributed by atoms with Gasteiger partial charge in [-0.25, -0.2) is 0 Å². The molecule has 3 aromatic rings. The Labute approximate surface area is 171 Å². The van der Waals surface area contributed by atoms with E-state index in [4.69, 9.17) is 17.0 Å². The van der Waals surface area contributed by atoms with Crippen molar-refractivity contribution in [1.29, 1.82) is 0 Å². The van der Waals surface area contributed by atoms with Crippen LogP contribution >= 0.6 is 17.0 Å². The molecule has 134 valence electrons. The summed E-state index contributed by atoms with van der Waals surface area (Å²) in [7, 11) is 9.87. The summed E-state index contributed by atoms with van der Waals surface area (Å²) < 4.78 is 0. The van der Waals surface area contributed by atoms with Crippen LogP contribution in [0.15, 0.2) is 24.3 Å². The van der Waals surface area contributed by atoms with Crippen LogP contribution in [0.3, 0.4) is 0 Å². The molecule has 3 aromatic carbocycles. The number of hydrogen-bond donors (Lipinski definition) is 0. The second kappa shape index (κ2) is 10.1. The average molecular weight is 455 g/mol. The van der Waals surface area contributed by atoms with E-state index in [0.717, 1.165) is 0 Å². The molecule has 3 rings (SSSR count). The van der Waals surface area contributed by atoms with Crippen LogP contribution in [0.1, 0.15) is 44.5 Å². The third-order valence-corrected chi connectivity index (χ3v) is 5.13. The van der Waals surface area contributed by atoms with Crippen molar-refractivity contribution in [3.8, 4) is 0 Å². The Morgan fingerprint density at radius 1 is 0.840 bits per heavy atom. The first-order valence-corrected chi connectivity index (χ1v) is 14.8. The second-order valence-corrected chi connectivity index (χ2v) is 10.5. The summed E-state index contributed by atoms with van der Waals surface area (Å²) >= 11 is -0.826. The summed E-state index contributed by atoms with van der Waals surface area (Å²) in [6.07, 6.45) is 0. The van der Waals surface area contributed by atoms with Gasteiger partial charge in [0.15, 0.2) is 0 Å². The molecule has 0 heterocycles. The van der Waals surface area contributed by atoms with E-state index < -0.39 is 20.8 Å². The van der Waals surface area contributed by atoms with Gasteiger partial charge in [0.05, 0.1) is 0 Å².